The maximum Gasteiger partial charge on any atom is 0.325 e. The number of para-hydroxylation sites is 1. The number of nitrogens with one attached hydrogen (secondary N) is 3. The van der Waals surface area contributed by atoms with Crippen LogP contribution in [0.1, 0.15) is 17.0 Å². The van der Waals surface area contributed by atoms with E-state index in [0.29, 0.717) is 17.9 Å². The maximum atomic E-state index is 12.2. The summed E-state index contributed by atoms with van der Waals surface area (Å²) in [6.45, 7) is 3.14. The van der Waals surface area contributed by atoms with Crippen molar-refractivity contribution in [2.75, 3.05) is 18.5 Å². The van der Waals surface area contributed by atoms with Crippen molar-refractivity contribution >= 4 is 23.6 Å². The lowest BCUT2D eigenvalue weighted by Crippen LogP contribution is -2.39. The molecule has 32 heavy (non-hydrogen) atoms. The van der Waals surface area contributed by atoms with E-state index in [1.54, 1.807) is 11.6 Å². The van der Waals surface area contributed by atoms with Crippen LogP contribution in [-0.4, -0.2) is 40.8 Å². The van der Waals surface area contributed by atoms with E-state index in [9.17, 15) is 14.4 Å². The maximum absolute atomic E-state index is 12.2. The number of aryl methyl sites for hydroxylation is 1. The highest BCUT2D eigenvalue weighted by Crippen LogP contribution is 2.22. The van der Waals surface area contributed by atoms with Gasteiger partial charge in [-0.1, -0.05) is 48.5 Å². The number of rotatable bonds is 8. The average Bonchev–Trinajstić information content (AvgIpc) is 3.09. The van der Waals surface area contributed by atoms with Gasteiger partial charge in [-0.05, 0) is 31.5 Å². The fraction of sp³-hybridized carbons (Fsp3) is 0.217. The van der Waals surface area contributed by atoms with Crippen LogP contribution >= 0.6 is 0 Å². The molecule has 0 saturated carbocycles. The van der Waals surface area contributed by atoms with Crippen LogP contribution in [0.2, 0.25) is 0 Å². The highest BCUT2D eigenvalue weighted by atomic mass is 16.5. The van der Waals surface area contributed by atoms with E-state index in [2.05, 4.69) is 21.0 Å². The van der Waals surface area contributed by atoms with Gasteiger partial charge in [-0.2, -0.15) is 5.10 Å². The van der Waals surface area contributed by atoms with Crippen molar-refractivity contribution in [1.82, 2.24) is 20.4 Å². The Bertz CT molecular complexity index is 1080. The molecule has 0 bridgehead atoms. The molecule has 3 N–H and O–H groups in total. The molecule has 9 heteroatoms. The Morgan fingerprint density at radius 2 is 1.59 bits per heavy atom. The molecule has 0 aliphatic carbocycles. The van der Waals surface area contributed by atoms with Crippen LogP contribution in [0.3, 0.4) is 0 Å². The van der Waals surface area contributed by atoms with Gasteiger partial charge in [0.25, 0.3) is 5.91 Å². The zero-order chi connectivity index (χ0) is 22.9. The van der Waals surface area contributed by atoms with Crippen LogP contribution in [-0.2, 0) is 20.9 Å². The number of urea groups is 1. The molecule has 1 aromatic heterocycles. The summed E-state index contributed by atoms with van der Waals surface area (Å²) in [4.78, 5) is 35.9. The third-order valence-electron chi connectivity index (χ3n) is 4.61. The van der Waals surface area contributed by atoms with Gasteiger partial charge < -0.3 is 20.7 Å². The summed E-state index contributed by atoms with van der Waals surface area (Å²) in [6, 6.07) is 18.4. The van der Waals surface area contributed by atoms with E-state index in [-0.39, 0.29) is 6.54 Å². The van der Waals surface area contributed by atoms with Crippen LogP contribution in [0.15, 0.2) is 60.7 Å². The van der Waals surface area contributed by atoms with Crippen LogP contribution in [0.5, 0.6) is 0 Å². The van der Waals surface area contributed by atoms with Gasteiger partial charge in [0.15, 0.2) is 6.61 Å². The molecule has 3 rings (SSSR count). The van der Waals surface area contributed by atoms with Gasteiger partial charge in [-0.3, -0.25) is 9.59 Å². The number of amides is 3. The molecule has 0 saturated heterocycles. The molecule has 1 heterocycles. The molecule has 3 amide bonds. The van der Waals surface area contributed by atoms with Crippen LogP contribution in [0, 0.1) is 13.8 Å². The zero-order valence-electron chi connectivity index (χ0n) is 17.9. The minimum Gasteiger partial charge on any atom is -0.454 e. The Balaban J connectivity index is 1.42. The second-order valence-corrected chi connectivity index (χ2v) is 7.02. The van der Waals surface area contributed by atoms with Crippen LogP contribution < -0.4 is 16.0 Å². The third-order valence-corrected chi connectivity index (χ3v) is 4.61. The molecule has 0 fully saturated rings. The Morgan fingerprint density at radius 3 is 2.28 bits per heavy atom. The quantitative estimate of drug-likeness (QED) is 0.470. The predicted molar refractivity (Wildman–Crippen MR) is 119 cm³/mol. The molecule has 3 aromatic rings. The van der Waals surface area contributed by atoms with Gasteiger partial charge in [0, 0.05) is 6.54 Å². The number of ether oxygens (including phenoxy) is 1. The topological polar surface area (TPSA) is 114 Å². The third kappa shape index (κ3) is 6.18. The van der Waals surface area contributed by atoms with Gasteiger partial charge in [0.05, 0.1) is 22.8 Å². The molecule has 0 spiro atoms. The smallest absolute Gasteiger partial charge is 0.325 e. The van der Waals surface area contributed by atoms with Crippen molar-refractivity contribution in [2.24, 2.45) is 0 Å². The number of esters is 1. The fourth-order valence-electron chi connectivity index (χ4n) is 3.01. The lowest BCUT2D eigenvalue weighted by molar-refractivity contribution is -0.146. The summed E-state index contributed by atoms with van der Waals surface area (Å²) in [5, 5.41) is 12.2. The van der Waals surface area contributed by atoms with Crippen molar-refractivity contribution < 1.29 is 19.1 Å². The molecule has 0 atom stereocenters. The molecule has 0 aliphatic heterocycles. The summed E-state index contributed by atoms with van der Waals surface area (Å²) in [5.41, 5.74) is 3.76. The van der Waals surface area contributed by atoms with Gasteiger partial charge in [0.1, 0.15) is 6.54 Å². The fourth-order valence-corrected chi connectivity index (χ4v) is 3.01. The number of hydrogen-bond donors (Lipinski definition) is 3. The molecule has 166 valence electrons. The summed E-state index contributed by atoms with van der Waals surface area (Å²) in [5.74, 6) is -1.21. The van der Waals surface area contributed by atoms with Crippen LogP contribution in [0.25, 0.3) is 5.69 Å². The van der Waals surface area contributed by atoms with Gasteiger partial charge in [-0.15, -0.1) is 0 Å². The Kier molecular flexibility index (Phi) is 7.58. The average molecular weight is 435 g/mol. The molecule has 0 unspecified atom stereocenters. The molecule has 0 radical (unpaired) electrons. The van der Waals surface area contributed by atoms with Gasteiger partial charge >= 0.3 is 12.0 Å². The second kappa shape index (κ2) is 10.8. The lowest BCUT2D eigenvalue weighted by atomic mass is 10.2. The van der Waals surface area contributed by atoms with Crippen molar-refractivity contribution in [3.63, 3.8) is 0 Å². The summed E-state index contributed by atoms with van der Waals surface area (Å²) in [7, 11) is 0. The lowest BCUT2D eigenvalue weighted by Gasteiger charge is -2.09. The highest BCUT2D eigenvalue weighted by Gasteiger charge is 2.16. The highest BCUT2D eigenvalue weighted by molar-refractivity contribution is 5.94. The predicted octanol–water partition coefficient (Wildman–Crippen LogP) is 2.47. The number of anilines is 1. The minimum atomic E-state index is -0.719. The normalized spacial score (nSPS) is 10.3. The van der Waals surface area contributed by atoms with E-state index < -0.39 is 24.5 Å². The number of hydrogen-bond acceptors (Lipinski definition) is 5. The summed E-state index contributed by atoms with van der Waals surface area (Å²) in [6.07, 6.45) is 0. The minimum absolute atomic E-state index is 0.333. The number of carbonyl (C=O) groups is 3. The standard InChI is InChI=1S/C23H25N5O4/c1-16-22(17(2)28(27-16)19-11-7-4-8-12-19)26-20(29)15-32-21(30)14-25-23(31)24-13-18-9-5-3-6-10-18/h3-12H,13-15H2,1-2H3,(H,26,29)(H2,24,25,31). The van der Waals surface area contributed by atoms with E-state index >= 15 is 0 Å². The van der Waals surface area contributed by atoms with Crippen LogP contribution in [0.4, 0.5) is 10.5 Å². The summed E-state index contributed by atoms with van der Waals surface area (Å²) >= 11 is 0. The number of benzene rings is 2. The van der Waals surface area contributed by atoms with Gasteiger partial charge in [-0.25, -0.2) is 9.48 Å². The van der Waals surface area contributed by atoms with Crippen molar-refractivity contribution in [2.45, 2.75) is 20.4 Å². The van der Waals surface area contributed by atoms with Gasteiger partial charge in [0.2, 0.25) is 0 Å². The molecule has 0 aliphatic rings. The van der Waals surface area contributed by atoms with Crippen molar-refractivity contribution in [3.8, 4) is 5.69 Å². The molecular weight excluding hydrogens is 410 g/mol. The SMILES string of the molecule is Cc1nn(-c2ccccc2)c(C)c1NC(=O)COC(=O)CNC(=O)NCc1ccccc1. The van der Waals surface area contributed by atoms with E-state index in [1.807, 2.05) is 67.6 Å². The molecule has 9 nitrogen and oxygen atoms in total. The molecule has 2 aromatic carbocycles. The van der Waals surface area contributed by atoms with E-state index in [1.165, 1.54) is 0 Å². The van der Waals surface area contributed by atoms with Crippen molar-refractivity contribution in [3.05, 3.63) is 77.6 Å². The number of carbonyl (C=O) groups excluding carboxylic acids is 3. The van der Waals surface area contributed by atoms with E-state index in [0.717, 1.165) is 16.9 Å². The number of nitrogens with zero attached hydrogens (tertiary/aromatic N) is 2. The summed E-state index contributed by atoms with van der Waals surface area (Å²) < 4.78 is 6.67. The Morgan fingerprint density at radius 1 is 0.938 bits per heavy atom. The Hall–Kier alpha value is -4.14. The monoisotopic (exact) mass is 435 g/mol. The first-order chi connectivity index (χ1) is 15.4. The zero-order valence-corrected chi connectivity index (χ0v) is 17.9. The first-order valence-electron chi connectivity index (χ1n) is 10.1. The largest absolute Gasteiger partial charge is 0.454 e. The van der Waals surface area contributed by atoms with Crippen molar-refractivity contribution in [1.29, 1.82) is 0 Å². The first kappa shape index (κ1) is 22.5. The second-order valence-electron chi connectivity index (χ2n) is 7.02. The molecular formula is C23H25N5O4. The van der Waals surface area contributed by atoms with E-state index in [4.69, 9.17) is 4.74 Å². The first-order valence-corrected chi connectivity index (χ1v) is 10.1. The Labute approximate surface area is 185 Å². The number of aromatic nitrogens is 2.